The molecule has 2 rings (SSSR count). The fourth-order valence-corrected chi connectivity index (χ4v) is 2.49. The second-order valence-electron chi connectivity index (χ2n) is 5.10. The number of rotatable bonds is 5. The van der Waals surface area contributed by atoms with Crippen molar-refractivity contribution in [2.24, 2.45) is 5.92 Å². The quantitative estimate of drug-likeness (QED) is 0.875. The van der Waals surface area contributed by atoms with Gasteiger partial charge in [-0.3, -0.25) is 9.59 Å². The maximum atomic E-state index is 11.8. The number of amides is 2. The Morgan fingerprint density at radius 3 is 2.40 bits per heavy atom. The first-order valence-corrected chi connectivity index (χ1v) is 7.32. The molecule has 0 saturated heterocycles. The van der Waals surface area contributed by atoms with Crippen molar-refractivity contribution in [3.05, 3.63) is 34.9 Å². The van der Waals surface area contributed by atoms with E-state index in [0.717, 1.165) is 31.2 Å². The third-order valence-electron chi connectivity index (χ3n) is 3.55. The van der Waals surface area contributed by atoms with E-state index in [-0.39, 0.29) is 24.3 Å². The minimum Gasteiger partial charge on any atom is -0.350 e. The van der Waals surface area contributed by atoms with Crippen molar-refractivity contribution in [2.45, 2.75) is 32.2 Å². The molecule has 0 atom stereocenters. The minimum absolute atomic E-state index is 0.00384. The molecule has 1 aliphatic rings. The zero-order valence-electron chi connectivity index (χ0n) is 11.3. The lowest BCUT2D eigenvalue weighted by atomic mass is 10.1. The lowest BCUT2D eigenvalue weighted by molar-refractivity contribution is -0.128. The second-order valence-corrected chi connectivity index (χ2v) is 5.54. The SMILES string of the molecule is O=C(CNC(=O)C1CCCC1)NCc1ccc(Cl)cc1. The number of nitrogens with one attached hydrogen (secondary N) is 2. The van der Waals surface area contributed by atoms with Crippen molar-refractivity contribution in [1.82, 2.24) is 10.6 Å². The van der Waals surface area contributed by atoms with Crippen LogP contribution in [0.5, 0.6) is 0 Å². The molecule has 108 valence electrons. The highest BCUT2D eigenvalue weighted by atomic mass is 35.5. The van der Waals surface area contributed by atoms with E-state index in [1.807, 2.05) is 12.1 Å². The third kappa shape index (κ3) is 4.53. The van der Waals surface area contributed by atoms with Gasteiger partial charge in [-0.1, -0.05) is 36.6 Å². The molecule has 2 N–H and O–H groups in total. The van der Waals surface area contributed by atoms with Crippen LogP contribution in [0.2, 0.25) is 5.02 Å². The van der Waals surface area contributed by atoms with E-state index in [0.29, 0.717) is 11.6 Å². The molecular formula is C15H19ClN2O2. The molecule has 1 aromatic rings. The molecule has 4 nitrogen and oxygen atoms in total. The molecule has 0 spiro atoms. The topological polar surface area (TPSA) is 58.2 Å². The molecule has 1 aromatic carbocycles. The summed E-state index contributed by atoms with van der Waals surface area (Å²) in [7, 11) is 0. The van der Waals surface area contributed by atoms with Crippen molar-refractivity contribution in [3.8, 4) is 0 Å². The first-order valence-electron chi connectivity index (χ1n) is 6.94. The smallest absolute Gasteiger partial charge is 0.239 e. The van der Waals surface area contributed by atoms with E-state index in [9.17, 15) is 9.59 Å². The molecule has 0 radical (unpaired) electrons. The Kier molecular flexibility index (Phi) is 5.41. The zero-order valence-corrected chi connectivity index (χ0v) is 12.1. The highest BCUT2D eigenvalue weighted by Crippen LogP contribution is 2.24. The normalized spacial score (nSPS) is 15.1. The van der Waals surface area contributed by atoms with Gasteiger partial charge < -0.3 is 10.6 Å². The van der Waals surface area contributed by atoms with Gasteiger partial charge in [-0.15, -0.1) is 0 Å². The number of hydrogen-bond donors (Lipinski definition) is 2. The van der Waals surface area contributed by atoms with Crippen LogP contribution in [-0.2, 0) is 16.1 Å². The van der Waals surface area contributed by atoms with E-state index >= 15 is 0 Å². The van der Waals surface area contributed by atoms with Gasteiger partial charge in [0.05, 0.1) is 6.54 Å². The van der Waals surface area contributed by atoms with Crippen molar-refractivity contribution in [1.29, 1.82) is 0 Å². The van der Waals surface area contributed by atoms with Crippen LogP contribution in [-0.4, -0.2) is 18.4 Å². The van der Waals surface area contributed by atoms with Gasteiger partial charge in [0.15, 0.2) is 0 Å². The summed E-state index contributed by atoms with van der Waals surface area (Å²) in [5.74, 6) is -0.0745. The Balaban J connectivity index is 1.67. The summed E-state index contributed by atoms with van der Waals surface area (Å²) in [5, 5.41) is 6.14. The van der Waals surface area contributed by atoms with Crippen molar-refractivity contribution < 1.29 is 9.59 Å². The Bertz CT molecular complexity index is 467. The largest absolute Gasteiger partial charge is 0.350 e. The van der Waals surface area contributed by atoms with Crippen molar-refractivity contribution >= 4 is 23.4 Å². The summed E-state index contributed by atoms with van der Waals surface area (Å²) in [4.78, 5) is 23.4. The molecular weight excluding hydrogens is 276 g/mol. The average molecular weight is 295 g/mol. The van der Waals surface area contributed by atoms with E-state index in [4.69, 9.17) is 11.6 Å². The van der Waals surface area contributed by atoms with Crippen LogP contribution in [0.15, 0.2) is 24.3 Å². The average Bonchev–Trinajstić information content (AvgIpc) is 2.98. The van der Waals surface area contributed by atoms with E-state index in [1.165, 1.54) is 0 Å². The number of benzene rings is 1. The van der Waals surface area contributed by atoms with Gasteiger partial charge >= 0.3 is 0 Å². The molecule has 20 heavy (non-hydrogen) atoms. The number of carbonyl (C=O) groups is 2. The molecule has 2 amide bonds. The maximum Gasteiger partial charge on any atom is 0.239 e. The number of halogens is 1. The predicted octanol–water partition coefficient (Wildman–Crippen LogP) is 2.26. The first-order chi connectivity index (χ1) is 9.65. The molecule has 5 heteroatoms. The van der Waals surface area contributed by atoms with Gasteiger partial charge in [-0.05, 0) is 30.5 Å². The van der Waals surface area contributed by atoms with Gasteiger partial charge in [0.1, 0.15) is 0 Å². The second kappa shape index (κ2) is 7.29. The molecule has 0 aromatic heterocycles. The fourth-order valence-electron chi connectivity index (χ4n) is 2.37. The van der Waals surface area contributed by atoms with Gasteiger partial charge in [0.25, 0.3) is 0 Å². The fraction of sp³-hybridized carbons (Fsp3) is 0.467. The van der Waals surface area contributed by atoms with Crippen molar-refractivity contribution in [2.75, 3.05) is 6.54 Å². The molecule has 0 aliphatic heterocycles. The van der Waals surface area contributed by atoms with Crippen LogP contribution in [0.25, 0.3) is 0 Å². The molecule has 0 bridgehead atoms. The minimum atomic E-state index is -0.175. The molecule has 1 saturated carbocycles. The van der Waals surface area contributed by atoms with Crippen LogP contribution >= 0.6 is 11.6 Å². The van der Waals surface area contributed by atoms with Gasteiger partial charge in [0, 0.05) is 17.5 Å². The van der Waals surface area contributed by atoms with Crippen molar-refractivity contribution in [3.63, 3.8) is 0 Å². The predicted molar refractivity (Wildman–Crippen MR) is 78.3 cm³/mol. The monoisotopic (exact) mass is 294 g/mol. The Labute approximate surface area is 123 Å². The first kappa shape index (κ1) is 14.9. The number of carbonyl (C=O) groups excluding carboxylic acids is 2. The lowest BCUT2D eigenvalue weighted by Crippen LogP contribution is -2.38. The highest BCUT2D eigenvalue weighted by Gasteiger charge is 2.22. The van der Waals surface area contributed by atoms with Gasteiger partial charge in [-0.2, -0.15) is 0 Å². The summed E-state index contributed by atoms with van der Waals surface area (Å²) in [5.41, 5.74) is 0.977. The lowest BCUT2D eigenvalue weighted by Gasteiger charge is -2.10. The number of hydrogen-bond acceptors (Lipinski definition) is 2. The summed E-state index contributed by atoms with van der Waals surface area (Å²) in [6.45, 7) is 0.484. The van der Waals surface area contributed by atoms with Crippen LogP contribution in [0.1, 0.15) is 31.2 Å². The summed E-state index contributed by atoms with van der Waals surface area (Å²) < 4.78 is 0. The third-order valence-corrected chi connectivity index (χ3v) is 3.80. The zero-order chi connectivity index (χ0) is 14.4. The van der Waals surface area contributed by atoms with Gasteiger partial charge in [0.2, 0.25) is 11.8 Å². The standard InChI is InChI=1S/C15H19ClN2O2/c16-13-7-5-11(6-8-13)9-17-14(19)10-18-15(20)12-3-1-2-4-12/h5-8,12H,1-4,9-10H2,(H,17,19)(H,18,20). The Morgan fingerprint density at radius 2 is 1.75 bits per heavy atom. The Morgan fingerprint density at radius 1 is 1.10 bits per heavy atom. The molecule has 0 unspecified atom stereocenters. The van der Waals surface area contributed by atoms with Gasteiger partial charge in [-0.25, -0.2) is 0 Å². The van der Waals surface area contributed by atoms with E-state index in [2.05, 4.69) is 10.6 Å². The van der Waals surface area contributed by atoms with E-state index in [1.54, 1.807) is 12.1 Å². The molecule has 1 fully saturated rings. The van der Waals surface area contributed by atoms with Crippen LogP contribution in [0.4, 0.5) is 0 Å². The van der Waals surface area contributed by atoms with E-state index < -0.39 is 0 Å². The Hall–Kier alpha value is -1.55. The maximum absolute atomic E-state index is 11.8. The van der Waals surface area contributed by atoms with Crippen LogP contribution < -0.4 is 10.6 Å². The molecule has 1 aliphatic carbocycles. The summed E-state index contributed by atoms with van der Waals surface area (Å²) in [6, 6.07) is 7.29. The van der Waals surface area contributed by atoms with Crippen LogP contribution in [0, 0.1) is 5.92 Å². The highest BCUT2D eigenvalue weighted by molar-refractivity contribution is 6.30. The summed E-state index contributed by atoms with van der Waals surface area (Å²) >= 11 is 5.79. The van der Waals surface area contributed by atoms with Crippen LogP contribution in [0.3, 0.4) is 0 Å². The molecule has 0 heterocycles. The summed E-state index contributed by atoms with van der Waals surface area (Å²) in [6.07, 6.45) is 4.11.